The number of aliphatic hydroxyl groups excluding tert-OH is 1. The van der Waals surface area contributed by atoms with E-state index in [4.69, 9.17) is 15.3 Å². The molecule has 8 heteroatoms. The van der Waals surface area contributed by atoms with Gasteiger partial charge in [0.1, 0.15) is 12.1 Å². The van der Waals surface area contributed by atoms with Crippen LogP contribution in [0, 0.1) is 0 Å². The van der Waals surface area contributed by atoms with Crippen molar-refractivity contribution < 1.29 is 29.7 Å². The number of nitrogens with one attached hydrogen (secondary N) is 1. The number of carboxylic acid groups (broad SMARTS) is 2. The van der Waals surface area contributed by atoms with E-state index >= 15 is 0 Å². The molecular formula is C8H15NO6S. The van der Waals surface area contributed by atoms with Crippen molar-refractivity contribution in [3.63, 3.8) is 0 Å². The van der Waals surface area contributed by atoms with E-state index in [9.17, 15) is 14.4 Å². The normalized spacial score (nSPS) is 12.8. The van der Waals surface area contributed by atoms with Gasteiger partial charge in [-0.05, 0) is 6.92 Å². The Bertz CT molecular complexity index is 255. The maximum atomic E-state index is 10.3. The molecule has 1 amide bonds. The minimum absolute atomic E-state index is 0.106. The van der Waals surface area contributed by atoms with Crippen LogP contribution in [0.4, 0.5) is 0 Å². The van der Waals surface area contributed by atoms with Crippen molar-refractivity contribution in [3.8, 4) is 0 Å². The highest BCUT2D eigenvalue weighted by Crippen LogP contribution is 1.86. The first kappa shape index (κ1) is 17.1. The van der Waals surface area contributed by atoms with Crippen LogP contribution in [0.15, 0.2) is 0 Å². The number of hydrogen-bond acceptors (Lipinski definition) is 5. The van der Waals surface area contributed by atoms with E-state index in [2.05, 4.69) is 17.9 Å². The molecule has 0 heterocycles. The zero-order chi connectivity index (χ0) is 13.3. The van der Waals surface area contributed by atoms with E-state index in [1.165, 1.54) is 13.8 Å². The summed E-state index contributed by atoms with van der Waals surface area (Å²) in [5, 5.41) is 26.3. The smallest absolute Gasteiger partial charge is 0.332 e. The fourth-order valence-corrected chi connectivity index (χ4v) is 0.678. The summed E-state index contributed by atoms with van der Waals surface area (Å²) in [6.45, 7) is 2.46. The highest BCUT2D eigenvalue weighted by atomic mass is 32.1. The average Bonchev–Trinajstić information content (AvgIpc) is 2.14. The van der Waals surface area contributed by atoms with Gasteiger partial charge in [-0.25, -0.2) is 9.59 Å². The Morgan fingerprint density at radius 1 is 1.25 bits per heavy atom. The Morgan fingerprint density at radius 3 is 1.69 bits per heavy atom. The van der Waals surface area contributed by atoms with E-state index in [1.807, 2.05) is 0 Å². The van der Waals surface area contributed by atoms with E-state index in [-0.39, 0.29) is 11.7 Å². The van der Waals surface area contributed by atoms with Gasteiger partial charge in [-0.1, -0.05) is 0 Å². The van der Waals surface area contributed by atoms with E-state index in [0.717, 1.165) is 0 Å². The minimum atomic E-state index is -1.23. The van der Waals surface area contributed by atoms with Gasteiger partial charge in [-0.2, -0.15) is 12.6 Å². The summed E-state index contributed by atoms with van der Waals surface area (Å²) in [6.07, 6.45) is -1.23. The SMILES string of the molecule is CC(=O)NC(CS)C(=O)O.CC(O)C(=O)O. The quantitative estimate of drug-likeness (QED) is 0.408. The topological polar surface area (TPSA) is 124 Å². The molecule has 0 aromatic rings. The van der Waals surface area contributed by atoms with Crippen LogP contribution in [0.1, 0.15) is 13.8 Å². The Morgan fingerprint density at radius 2 is 1.62 bits per heavy atom. The van der Waals surface area contributed by atoms with Gasteiger partial charge < -0.3 is 20.6 Å². The fourth-order valence-electron chi connectivity index (χ4n) is 0.431. The molecule has 94 valence electrons. The third kappa shape index (κ3) is 10.8. The van der Waals surface area contributed by atoms with Crippen LogP contribution in [0.25, 0.3) is 0 Å². The maximum Gasteiger partial charge on any atom is 0.332 e. The summed E-state index contributed by atoms with van der Waals surface area (Å²) in [5.41, 5.74) is 0. The van der Waals surface area contributed by atoms with Crippen molar-refractivity contribution in [3.05, 3.63) is 0 Å². The van der Waals surface area contributed by atoms with Gasteiger partial charge in [-0.15, -0.1) is 0 Å². The zero-order valence-electron chi connectivity index (χ0n) is 8.88. The molecule has 0 saturated heterocycles. The molecule has 0 aliphatic heterocycles. The minimum Gasteiger partial charge on any atom is -0.480 e. The van der Waals surface area contributed by atoms with Crippen molar-refractivity contribution >= 4 is 30.5 Å². The predicted molar refractivity (Wildman–Crippen MR) is 58.4 cm³/mol. The molecule has 0 aromatic carbocycles. The third-order valence-electron chi connectivity index (χ3n) is 1.22. The van der Waals surface area contributed by atoms with E-state index < -0.39 is 24.1 Å². The van der Waals surface area contributed by atoms with Crippen molar-refractivity contribution in [2.45, 2.75) is 26.0 Å². The Labute approximate surface area is 97.9 Å². The van der Waals surface area contributed by atoms with Crippen molar-refractivity contribution in [2.24, 2.45) is 0 Å². The number of carboxylic acids is 2. The van der Waals surface area contributed by atoms with Crippen LogP contribution in [-0.2, 0) is 14.4 Å². The standard InChI is InChI=1S/C5H9NO3S.C3H6O3/c1-3(7)6-4(2-10)5(8)9;1-2(4)3(5)6/h4,10H,2H2,1H3,(H,6,7)(H,8,9);2,4H,1H3,(H,5,6). The second kappa shape index (κ2) is 8.98. The number of amides is 1. The first-order valence-electron chi connectivity index (χ1n) is 4.24. The molecule has 0 radical (unpaired) electrons. The molecule has 0 aromatic heterocycles. The van der Waals surface area contributed by atoms with Gasteiger partial charge in [0.05, 0.1) is 0 Å². The molecule has 0 saturated carbocycles. The largest absolute Gasteiger partial charge is 0.480 e. The molecule has 2 atom stereocenters. The lowest BCUT2D eigenvalue weighted by molar-refractivity contribution is -0.145. The lowest BCUT2D eigenvalue weighted by Gasteiger charge is -2.08. The summed E-state index contributed by atoms with van der Waals surface area (Å²) in [5.74, 6) is -2.50. The van der Waals surface area contributed by atoms with E-state index in [0.29, 0.717) is 0 Å². The third-order valence-corrected chi connectivity index (χ3v) is 1.58. The number of thiol groups is 1. The summed E-state index contributed by atoms with van der Waals surface area (Å²) in [6, 6.07) is -0.874. The Hall–Kier alpha value is -1.28. The second-order valence-corrected chi connectivity index (χ2v) is 3.15. The fraction of sp³-hybridized carbons (Fsp3) is 0.625. The summed E-state index contributed by atoms with van der Waals surface area (Å²) >= 11 is 3.73. The maximum absolute atomic E-state index is 10.3. The molecule has 0 aliphatic carbocycles. The lowest BCUT2D eigenvalue weighted by atomic mass is 10.3. The van der Waals surface area contributed by atoms with Crippen LogP contribution in [0.2, 0.25) is 0 Å². The summed E-state index contributed by atoms with van der Waals surface area (Å²) in [4.78, 5) is 30.0. The van der Waals surface area contributed by atoms with Gasteiger partial charge >= 0.3 is 11.9 Å². The molecule has 4 N–H and O–H groups in total. The molecular weight excluding hydrogens is 238 g/mol. The van der Waals surface area contributed by atoms with Crippen LogP contribution < -0.4 is 5.32 Å². The van der Waals surface area contributed by atoms with Gasteiger partial charge in [0, 0.05) is 12.7 Å². The first-order chi connectivity index (χ1) is 7.22. The zero-order valence-corrected chi connectivity index (χ0v) is 9.77. The van der Waals surface area contributed by atoms with E-state index in [1.54, 1.807) is 0 Å². The molecule has 7 nitrogen and oxygen atoms in total. The highest BCUT2D eigenvalue weighted by Gasteiger charge is 2.15. The molecule has 2 unspecified atom stereocenters. The monoisotopic (exact) mass is 253 g/mol. The Kier molecular flexibility index (Phi) is 9.61. The first-order valence-corrected chi connectivity index (χ1v) is 4.87. The molecule has 0 bridgehead atoms. The van der Waals surface area contributed by atoms with Crippen LogP contribution in [-0.4, -0.2) is 51.1 Å². The van der Waals surface area contributed by atoms with Crippen LogP contribution in [0.3, 0.4) is 0 Å². The molecule has 16 heavy (non-hydrogen) atoms. The summed E-state index contributed by atoms with van der Waals surface area (Å²) < 4.78 is 0. The van der Waals surface area contributed by atoms with Gasteiger partial charge in [0.15, 0.2) is 0 Å². The Balaban J connectivity index is 0. The molecule has 0 rings (SSSR count). The van der Waals surface area contributed by atoms with Crippen molar-refractivity contribution in [1.29, 1.82) is 0 Å². The van der Waals surface area contributed by atoms with Crippen LogP contribution in [0.5, 0.6) is 0 Å². The van der Waals surface area contributed by atoms with Crippen LogP contribution >= 0.6 is 12.6 Å². The number of aliphatic carboxylic acids is 2. The van der Waals surface area contributed by atoms with Crippen molar-refractivity contribution in [2.75, 3.05) is 5.75 Å². The number of aliphatic hydroxyl groups is 1. The average molecular weight is 253 g/mol. The number of carbonyl (C=O) groups excluding carboxylic acids is 1. The number of rotatable bonds is 4. The highest BCUT2D eigenvalue weighted by molar-refractivity contribution is 7.80. The summed E-state index contributed by atoms with van der Waals surface area (Å²) in [7, 11) is 0. The van der Waals surface area contributed by atoms with Gasteiger partial charge in [-0.3, -0.25) is 4.79 Å². The predicted octanol–water partition coefficient (Wildman–Crippen LogP) is -1.04. The van der Waals surface area contributed by atoms with Gasteiger partial charge in [0.25, 0.3) is 0 Å². The number of hydrogen-bond donors (Lipinski definition) is 5. The molecule has 0 fully saturated rings. The number of carbonyl (C=O) groups is 3. The molecule has 0 aliphatic rings. The lowest BCUT2D eigenvalue weighted by Crippen LogP contribution is -2.40. The second-order valence-electron chi connectivity index (χ2n) is 2.79. The molecule has 0 spiro atoms. The van der Waals surface area contributed by atoms with Crippen molar-refractivity contribution in [1.82, 2.24) is 5.32 Å². The van der Waals surface area contributed by atoms with Gasteiger partial charge in [0.2, 0.25) is 5.91 Å².